The fraction of sp³-hybridized carbons (Fsp3) is 0.250. The van der Waals surface area contributed by atoms with E-state index in [1.54, 1.807) is 0 Å². The first kappa shape index (κ1) is 11.8. The molecule has 0 radical (unpaired) electrons. The van der Waals surface area contributed by atoms with Gasteiger partial charge in [0.05, 0.1) is 5.56 Å². The highest BCUT2D eigenvalue weighted by molar-refractivity contribution is 5.78. The van der Waals surface area contributed by atoms with Gasteiger partial charge in [-0.05, 0) is 18.6 Å². The Bertz CT molecular complexity index is 642. The van der Waals surface area contributed by atoms with Gasteiger partial charge in [-0.2, -0.15) is 4.98 Å². The van der Waals surface area contributed by atoms with Gasteiger partial charge in [-0.15, -0.1) is 0 Å². The molecule has 1 fully saturated rings. The molecule has 1 aromatic heterocycles. The Morgan fingerprint density at radius 1 is 1.37 bits per heavy atom. The lowest BCUT2D eigenvalue weighted by Crippen LogP contribution is -2.18. The number of hydrogen-bond donors (Lipinski definition) is 1. The highest BCUT2D eigenvalue weighted by Gasteiger charge is 2.27. The molecule has 98 valence electrons. The van der Waals surface area contributed by atoms with Crippen LogP contribution in [0.1, 0.15) is 24.8 Å². The number of hydrogen-bond acceptors (Lipinski definition) is 4. The molecule has 1 N–H and O–H groups in total. The Hall–Kier alpha value is -2.31. The zero-order chi connectivity index (χ0) is 13.4. The van der Waals surface area contributed by atoms with Gasteiger partial charge in [-0.1, -0.05) is 5.16 Å². The summed E-state index contributed by atoms with van der Waals surface area (Å²) in [6.07, 6.45) is 0.958. The van der Waals surface area contributed by atoms with Crippen molar-refractivity contribution in [2.45, 2.75) is 18.9 Å². The van der Waals surface area contributed by atoms with Crippen LogP contribution in [0.5, 0.6) is 0 Å². The van der Waals surface area contributed by atoms with Crippen molar-refractivity contribution in [3.63, 3.8) is 0 Å². The van der Waals surface area contributed by atoms with Gasteiger partial charge in [0.2, 0.25) is 17.6 Å². The molecule has 1 amide bonds. The van der Waals surface area contributed by atoms with Gasteiger partial charge < -0.3 is 9.84 Å². The first-order chi connectivity index (χ1) is 9.13. The average molecular weight is 265 g/mol. The number of rotatable bonds is 2. The molecule has 2 aromatic rings. The smallest absolute Gasteiger partial charge is 0.249 e. The molecule has 1 saturated heterocycles. The van der Waals surface area contributed by atoms with Crippen LogP contribution in [0.3, 0.4) is 0 Å². The van der Waals surface area contributed by atoms with Crippen molar-refractivity contribution < 1.29 is 18.1 Å². The second kappa shape index (κ2) is 4.42. The van der Waals surface area contributed by atoms with E-state index in [1.807, 2.05) is 0 Å². The topological polar surface area (TPSA) is 68.0 Å². The van der Waals surface area contributed by atoms with Gasteiger partial charge >= 0.3 is 0 Å². The van der Waals surface area contributed by atoms with E-state index >= 15 is 0 Å². The average Bonchev–Trinajstić information content (AvgIpc) is 2.97. The van der Waals surface area contributed by atoms with Crippen molar-refractivity contribution >= 4 is 5.91 Å². The SMILES string of the molecule is O=C1CCC(c2nc(-c3ccc(F)cc3F)no2)N1. The van der Waals surface area contributed by atoms with Crippen molar-refractivity contribution in [1.29, 1.82) is 0 Å². The predicted octanol–water partition coefficient (Wildman–Crippen LogP) is 1.97. The maximum Gasteiger partial charge on any atom is 0.249 e. The summed E-state index contributed by atoms with van der Waals surface area (Å²) >= 11 is 0. The normalized spacial score (nSPS) is 18.6. The fourth-order valence-electron chi connectivity index (χ4n) is 1.96. The maximum atomic E-state index is 13.6. The van der Waals surface area contributed by atoms with E-state index in [0.717, 1.165) is 12.1 Å². The summed E-state index contributed by atoms with van der Waals surface area (Å²) in [6.45, 7) is 0. The number of amides is 1. The standard InChI is InChI=1S/C12H9F2N3O2/c13-6-1-2-7(8(14)5-6)11-16-12(19-17-11)9-3-4-10(18)15-9/h1-2,5,9H,3-4H2,(H,15,18). The molecule has 3 rings (SSSR count). The third kappa shape index (κ3) is 2.18. The van der Waals surface area contributed by atoms with Crippen LogP contribution < -0.4 is 5.32 Å². The first-order valence-electron chi connectivity index (χ1n) is 5.72. The summed E-state index contributed by atoms with van der Waals surface area (Å²) < 4.78 is 31.4. The van der Waals surface area contributed by atoms with Crippen molar-refractivity contribution in [2.75, 3.05) is 0 Å². The molecule has 0 saturated carbocycles. The molecule has 0 bridgehead atoms. The lowest BCUT2D eigenvalue weighted by atomic mass is 10.2. The Kier molecular flexibility index (Phi) is 2.73. The zero-order valence-corrected chi connectivity index (χ0v) is 9.69. The highest BCUT2D eigenvalue weighted by Crippen LogP contribution is 2.26. The number of carbonyl (C=O) groups is 1. The Morgan fingerprint density at radius 3 is 2.89 bits per heavy atom. The molecule has 0 aliphatic carbocycles. The molecule has 1 unspecified atom stereocenters. The maximum absolute atomic E-state index is 13.6. The summed E-state index contributed by atoms with van der Waals surface area (Å²) in [6, 6.07) is 2.78. The van der Waals surface area contributed by atoms with Gasteiger partial charge in [0.15, 0.2) is 0 Å². The minimum Gasteiger partial charge on any atom is -0.344 e. The van der Waals surface area contributed by atoms with Crippen molar-refractivity contribution in [3.05, 3.63) is 35.7 Å². The monoisotopic (exact) mass is 265 g/mol. The van der Waals surface area contributed by atoms with E-state index in [0.29, 0.717) is 12.8 Å². The van der Waals surface area contributed by atoms with Crippen LogP contribution in [-0.4, -0.2) is 16.0 Å². The summed E-state index contributed by atoms with van der Waals surface area (Å²) in [7, 11) is 0. The summed E-state index contributed by atoms with van der Waals surface area (Å²) in [5, 5.41) is 6.32. The Labute approximate surface area is 106 Å². The molecule has 2 heterocycles. The quantitative estimate of drug-likeness (QED) is 0.901. The number of nitrogens with zero attached hydrogens (tertiary/aromatic N) is 2. The zero-order valence-electron chi connectivity index (χ0n) is 9.69. The van der Waals surface area contributed by atoms with Gasteiger partial charge in [0, 0.05) is 12.5 Å². The first-order valence-corrected chi connectivity index (χ1v) is 5.72. The predicted molar refractivity (Wildman–Crippen MR) is 59.8 cm³/mol. The highest BCUT2D eigenvalue weighted by atomic mass is 19.1. The second-order valence-corrected chi connectivity index (χ2v) is 4.24. The van der Waals surface area contributed by atoms with Gasteiger partial charge in [0.1, 0.15) is 17.7 Å². The molecule has 1 atom stereocenters. The molecule has 1 aromatic carbocycles. The fourth-order valence-corrected chi connectivity index (χ4v) is 1.96. The van der Waals surface area contributed by atoms with Crippen LogP contribution in [0.2, 0.25) is 0 Å². The number of halogens is 2. The van der Waals surface area contributed by atoms with E-state index in [4.69, 9.17) is 4.52 Å². The van der Waals surface area contributed by atoms with Crippen molar-refractivity contribution in [1.82, 2.24) is 15.5 Å². The van der Waals surface area contributed by atoms with Crippen molar-refractivity contribution in [3.8, 4) is 11.4 Å². The number of carbonyl (C=O) groups excluding carboxylic acids is 1. The third-order valence-electron chi connectivity index (χ3n) is 2.91. The van der Waals surface area contributed by atoms with Crippen molar-refractivity contribution in [2.24, 2.45) is 0 Å². The lowest BCUT2D eigenvalue weighted by molar-refractivity contribution is -0.119. The molecule has 1 aliphatic heterocycles. The van der Waals surface area contributed by atoms with E-state index in [1.165, 1.54) is 6.07 Å². The van der Waals surface area contributed by atoms with E-state index < -0.39 is 11.6 Å². The Morgan fingerprint density at radius 2 is 2.21 bits per heavy atom. The molecule has 5 nitrogen and oxygen atoms in total. The number of aromatic nitrogens is 2. The minimum absolute atomic E-state index is 0.0358. The number of nitrogens with one attached hydrogen (secondary N) is 1. The van der Waals surface area contributed by atoms with Crippen LogP contribution in [0.15, 0.2) is 22.7 Å². The minimum atomic E-state index is -0.761. The van der Waals surface area contributed by atoms with E-state index in [9.17, 15) is 13.6 Å². The van der Waals surface area contributed by atoms with Crippen LogP contribution >= 0.6 is 0 Å². The molecular weight excluding hydrogens is 256 g/mol. The van der Waals surface area contributed by atoms with E-state index in [-0.39, 0.29) is 29.2 Å². The van der Waals surface area contributed by atoms with Crippen LogP contribution in [0, 0.1) is 11.6 Å². The molecule has 19 heavy (non-hydrogen) atoms. The Balaban J connectivity index is 1.90. The lowest BCUT2D eigenvalue weighted by Gasteiger charge is -2.01. The molecular formula is C12H9F2N3O2. The third-order valence-corrected chi connectivity index (χ3v) is 2.91. The summed E-state index contributed by atoms with van der Waals surface area (Å²) in [4.78, 5) is 15.1. The van der Waals surface area contributed by atoms with Gasteiger partial charge in [-0.3, -0.25) is 4.79 Å². The van der Waals surface area contributed by atoms with Crippen LogP contribution in [0.25, 0.3) is 11.4 Å². The van der Waals surface area contributed by atoms with Crippen LogP contribution in [0.4, 0.5) is 8.78 Å². The van der Waals surface area contributed by atoms with Gasteiger partial charge in [-0.25, -0.2) is 8.78 Å². The molecule has 7 heteroatoms. The number of benzene rings is 1. The second-order valence-electron chi connectivity index (χ2n) is 4.24. The van der Waals surface area contributed by atoms with Gasteiger partial charge in [0.25, 0.3) is 0 Å². The van der Waals surface area contributed by atoms with Crippen LogP contribution in [-0.2, 0) is 4.79 Å². The summed E-state index contributed by atoms with van der Waals surface area (Å²) in [5.74, 6) is -1.26. The molecule has 0 spiro atoms. The molecule has 1 aliphatic rings. The van der Waals surface area contributed by atoms with E-state index in [2.05, 4.69) is 15.5 Å². The largest absolute Gasteiger partial charge is 0.344 e. The summed E-state index contributed by atoms with van der Waals surface area (Å²) in [5.41, 5.74) is 0.0562.